The molecule has 0 bridgehead atoms. The van der Waals surface area contributed by atoms with E-state index >= 15 is 0 Å². The summed E-state index contributed by atoms with van der Waals surface area (Å²) >= 11 is 0. The normalized spacial score (nSPS) is 17.0. The monoisotopic (exact) mass is 352 g/mol. The molecule has 136 valence electrons. The largest absolute Gasteiger partial charge is 0.379 e. The number of para-hydroxylation sites is 1. The molecule has 4 rings (SSSR count). The summed E-state index contributed by atoms with van der Waals surface area (Å²) in [7, 11) is 0. The van der Waals surface area contributed by atoms with Gasteiger partial charge in [-0.05, 0) is 25.0 Å². The van der Waals surface area contributed by atoms with Crippen LogP contribution in [0.2, 0.25) is 0 Å². The quantitative estimate of drug-likeness (QED) is 0.611. The molecule has 3 aromatic rings. The van der Waals surface area contributed by atoms with Crippen LogP contribution in [0.1, 0.15) is 44.5 Å². The van der Waals surface area contributed by atoms with E-state index in [0.29, 0.717) is 6.61 Å². The van der Waals surface area contributed by atoms with Crippen molar-refractivity contribution in [3.8, 4) is 17.1 Å². The molecule has 1 aliphatic rings. The van der Waals surface area contributed by atoms with Crippen LogP contribution in [0, 0.1) is 0 Å². The highest BCUT2D eigenvalue weighted by molar-refractivity contribution is 5.67. The Bertz CT molecular complexity index is 836. The van der Waals surface area contributed by atoms with E-state index in [1.807, 2.05) is 18.2 Å². The first kappa shape index (κ1) is 16.9. The lowest BCUT2D eigenvalue weighted by Crippen LogP contribution is -2.13. The summed E-state index contributed by atoms with van der Waals surface area (Å²) < 4.78 is 9.43. The molecule has 1 aliphatic heterocycles. The Morgan fingerprint density at radius 3 is 2.92 bits per heavy atom. The van der Waals surface area contributed by atoms with Crippen LogP contribution in [0.5, 0.6) is 0 Å². The molecule has 0 aliphatic carbocycles. The van der Waals surface area contributed by atoms with Gasteiger partial charge >= 0.3 is 0 Å². The van der Waals surface area contributed by atoms with Crippen molar-refractivity contribution in [2.45, 2.75) is 45.1 Å². The highest BCUT2D eigenvalue weighted by Crippen LogP contribution is 2.29. The molecule has 0 saturated carbocycles. The van der Waals surface area contributed by atoms with Crippen molar-refractivity contribution in [1.29, 1.82) is 0 Å². The number of hydrogen-bond donors (Lipinski definition) is 0. The average Bonchev–Trinajstić information content (AvgIpc) is 3.42. The molecular weight excluding hydrogens is 328 g/mol. The lowest BCUT2D eigenvalue weighted by molar-refractivity contribution is 0.184. The van der Waals surface area contributed by atoms with E-state index in [-0.39, 0.29) is 6.04 Å². The van der Waals surface area contributed by atoms with E-state index < -0.39 is 0 Å². The predicted octanol–water partition coefficient (Wildman–Crippen LogP) is 3.22. The number of aromatic nitrogens is 6. The van der Waals surface area contributed by atoms with E-state index in [1.54, 1.807) is 17.3 Å². The molecule has 1 fully saturated rings. The van der Waals surface area contributed by atoms with Gasteiger partial charge in [-0.15, -0.1) is 0 Å². The maximum Gasteiger partial charge on any atom is 0.160 e. The first-order chi connectivity index (χ1) is 12.9. The summed E-state index contributed by atoms with van der Waals surface area (Å²) in [5.74, 6) is 1.80. The minimum Gasteiger partial charge on any atom is -0.379 e. The summed E-state index contributed by atoms with van der Waals surface area (Å²) in [4.78, 5) is 8.98. The van der Waals surface area contributed by atoms with Gasteiger partial charge in [-0.1, -0.05) is 31.9 Å². The van der Waals surface area contributed by atoms with Gasteiger partial charge in [0.2, 0.25) is 0 Å². The van der Waals surface area contributed by atoms with E-state index in [1.165, 1.54) is 12.8 Å². The Morgan fingerprint density at radius 1 is 1.23 bits per heavy atom. The van der Waals surface area contributed by atoms with Gasteiger partial charge in [0.1, 0.15) is 12.7 Å². The lowest BCUT2D eigenvalue weighted by atomic mass is 10.1. The van der Waals surface area contributed by atoms with Crippen molar-refractivity contribution in [2.75, 3.05) is 13.2 Å². The molecule has 3 heterocycles. The van der Waals surface area contributed by atoms with E-state index in [9.17, 15) is 0 Å². The Labute approximate surface area is 153 Å². The number of aryl methyl sites for hydroxylation is 1. The minimum absolute atomic E-state index is 0.237. The van der Waals surface area contributed by atoms with E-state index in [2.05, 4.69) is 27.8 Å². The van der Waals surface area contributed by atoms with Crippen LogP contribution < -0.4 is 0 Å². The number of hydrogen-bond acceptors (Lipinski definition) is 5. The summed E-state index contributed by atoms with van der Waals surface area (Å²) in [5.41, 5.74) is 1.97. The molecule has 26 heavy (non-hydrogen) atoms. The molecule has 0 radical (unpaired) electrons. The first-order valence-electron chi connectivity index (χ1n) is 9.34. The highest BCUT2D eigenvalue weighted by atomic mass is 16.5. The maximum atomic E-state index is 5.60. The average molecular weight is 352 g/mol. The van der Waals surface area contributed by atoms with Crippen LogP contribution in [0.3, 0.4) is 0 Å². The van der Waals surface area contributed by atoms with Gasteiger partial charge in [-0.2, -0.15) is 10.2 Å². The Morgan fingerprint density at radius 2 is 2.15 bits per heavy atom. The fourth-order valence-corrected chi connectivity index (χ4v) is 3.35. The molecule has 1 saturated heterocycles. The SMILES string of the molecule is CCCCCc1nc(-c2ccccc2-n2cncn2)n(C2CCOC2)n1. The van der Waals surface area contributed by atoms with Gasteiger partial charge in [0.25, 0.3) is 0 Å². The Balaban J connectivity index is 1.75. The molecule has 2 aromatic heterocycles. The number of ether oxygens (including phenoxy) is 1. The molecule has 0 spiro atoms. The molecule has 0 N–H and O–H groups in total. The third-order valence-corrected chi connectivity index (χ3v) is 4.74. The number of rotatable bonds is 7. The first-order valence-corrected chi connectivity index (χ1v) is 9.34. The van der Waals surface area contributed by atoms with Gasteiger partial charge in [-0.3, -0.25) is 0 Å². The molecule has 1 aromatic carbocycles. The molecule has 7 heteroatoms. The Hall–Kier alpha value is -2.54. The molecule has 1 atom stereocenters. The Kier molecular flexibility index (Phi) is 5.06. The standard InChI is InChI=1S/C19H24N6O/c1-2-3-4-9-18-22-19(25(23-18)15-10-11-26-12-15)16-7-5-6-8-17(16)24-14-20-13-21-24/h5-8,13-15H,2-4,9-12H2,1H3. The van der Waals surface area contributed by atoms with Crippen LogP contribution in [0.15, 0.2) is 36.9 Å². The smallest absolute Gasteiger partial charge is 0.160 e. The van der Waals surface area contributed by atoms with E-state index in [0.717, 1.165) is 48.8 Å². The van der Waals surface area contributed by atoms with Crippen molar-refractivity contribution >= 4 is 0 Å². The molecule has 0 amide bonds. The summed E-state index contributed by atoms with van der Waals surface area (Å²) in [5, 5.41) is 9.13. The number of unbranched alkanes of at least 4 members (excludes halogenated alkanes) is 2. The molecular formula is C19H24N6O. The fraction of sp³-hybridized carbons (Fsp3) is 0.474. The van der Waals surface area contributed by atoms with Crippen molar-refractivity contribution in [3.05, 3.63) is 42.7 Å². The van der Waals surface area contributed by atoms with Crippen LogP contribution in [-0.2, 0) is 11.2 Å². The highest BCUT2D eigenvalue weighted by Gasteiger charge is 2.25. The second-order valence-electron chi connectivity index (χ2n) is 6.63. The van der Waals surface area contributed by atoms with Gasteiger partial charge in [0, 0.05) is 18.6 Å². The van der Waals surface area contributed by atoms with Gasteiger partial charge in [0.05, 0.1) is 18.3 Å². The third kappa shape index (κ3) is 3.39. The second kappa shape index (κ2) is 7.78. The van der Waals surface area contributed by atoms with Crippen molar-refractivity contribution in [1.82, 2.24) is 29.5 Å². The zero-order chi connectivity index (χ0) is 17.8. The summed E-state index contributed by atoms with van der Waals surface area (Å²) in [6, 6.07) is 8.37. The zero-order valence-corrected chi connectivity index (χ0v) is 15.1. The predicted molar refractivity (Wildman–Crippen MR) is 98.1 cm³/mol. The topological polar surface area (TPSA) is 70.7 Å². The van der Waals surface area contributed by atoms with Gasteiger partial charge < -0.3 is 4.74 Å². The summed E-state index contributed by atoms with van der Waals surface area (Å²) in [6.07, 6.45) is 8.64. The van der Waals surface area contributed by atoms with Gasteiger partial charge in [0.15, 0.2) is 11.6 Å². The van der Waals surface area contributed by atoms with Crippen LogP contribution >= 0.6 is 0 Å². The van der Waals surface area contributed by atoms with Crippen LogP contribution in [0.25, 0.3) is 17.1 Å². The van der Waals surface area contributed by atoms with Crippen LogP contribution in [0.4, 0.5) is 0 Å². The van der Waals surface area contributed by atoms with Crippen molar-refractivity contribution in [2.24, 2.45) is 0 Å². The number of nitrogens with zero attached hydrogens (tertiary/aromatic N) is 6. The summed E-state index contributed by atoms with van der Waals surface area (Å²) in [6.45, 7) is 3.68. The molecule has 1 unspecified atom stereocenters. The zero-order valence-electron chi connectivity index (χ0n) is 15.1. The minimum atomic E-state index is 0.237. The third-order valence-electron chi connectivity index (χ3n) is 4.74. The fourth-order valence-electron chi connectivity index (χ4n) is 3.35. The lowest BCUT2D eigenvalue weighted by Gasteiger charge is -2.13. The van der Waals surface area contributed by atoms with E-state index in [4.69, 9.17) is 14.8 Å². The van der Waals surface area contributed by atoms with Crippen molar-refractivity contribution in [3.63, 3.8) is 0 Å². The number of benzene rings is 1. The van der Waals surface area contributed by atoms with Crippen molar-refractivity contribution < 1.29 is 4.74 Å². The maximum absolute atomic E-state index is 5.60. The van der Waals surface area contributed by atoms with Gasteiger partial charge in [-0.25, -0.2) is 19.3 Å². The van der Waals surface area contributed by atoms with Crippen LogP contribution in [-0.4, -0.2) is 42.7 Å². The molecule has 7 nitrogen and oxygen atoms in total. The second-order valence-corrected chi connectivity index (χ2v) is 6.63.